The third kappa shape index (κ3) is 11.4. The minimum atomic E-state index is 0.0157. The van der Waals surface area contributed by atoms with Gasteiger partial charge in [0.2, 0.25) is 11.8 Å². The van der Waals surface area contributed by atoms with Crippen molar-refractivity contribution in [3.63, 3.8) is 0 Å². The minimum absolute atomic E-state index is 0.0157. The van der Waals surface area contributed by atoms with Crippen molar-refractivity contribution in [3.8, 4) is 23.0 Å². The topological polar surface area (TPSA) is 95.1 Å². The lowest BCUT2D eigenvalue weighted by Gasteiger charge is -2.24. The van der Waals surface area contributed by atoms with Crippen molar-refractivity contribution in [3.05, 3.63) is 249 Å². The first-order valence-electron chi connectivity index (χ1n) is 25.3. The highest BCUT2D eigenvalue weighted by Gasteiger charge is 2.32. The van der Waals surface area contributed by atoms with Gasteiger partial charge in [-0.1, -0.05) is 158 Å². The molecule has 0 atom stereocenters. The first kappa shape index (κ1) is 46.3. The third-order valence-corrected chi connectivity index (χ3v) is 13.7. The molecule has 11 rings (SSSR count). The zero-order chi connectivity index (χ0) is 48.6. The van der Waals surface area contributed by atoms with Crippen molar-refractivity contribution in [2.24, 2.45) is 11.8 Å². The van der Waals surface area contributed by atoms with Gasteiger partial charge in [0.25, 0.3) is 0 Å². The van der Waals surface area contributed by atoms with Crippen LogP contribution in [-0.4, -0.2) is 11.8 Å². The predicted octanol–water partition coefficient (Wildman–Crippen LogP) is 13.4. The monoisotopic (exact) mass is 950 g/mol. The van der Waals surface area contributed by atoms with Crippen molar-refractivity contribution in [1.82, 2.24) is 0 Å². The summed E-state index contributed by atoms with van der Waals surface area (Å²) in [4.78, 5) is 27.2. The van der Waals surface area contributed by atoms with Crippen LogP contribution in [0.1, 0.15) is 92.4 Å². The van der Waals surface area contributed by atoms with Crippen molar-refractivity contribution < 1.29 is 28.5 Å². The minimum Gasteiger partial charge on any atom is -0.488 e. The Kier molecular flexibility index (Phi) is 13.8. The molecule has 0 heterocycles. The summed E-state index contributed by atoms with van der Waals surface area (Å²) >= 11 is 0. The van der Waals surface area contributed by atoms with Crippen LogP contribution in [0, 0.1) is 11.8 Å². The van der Waals surface area contributed by atoms with Crippen LogP contribution in [0.3, 0.4) is 0 Å². The fraction of sp³-hybridized carbons (Fsp3) is 0.219. The summed E-state index contributed by atoms with van der Waals surface area (Å²) < 4.78 is 28.1. The molecule has 8 aromatic carbocycles. The first-order chi connectivity index (χ1) is 35.5. The lowest BCUT2D eigenvalue weighted by Crippen LogP contribution is -2.15. The standard InChI is InChI=1S/C64H58N2O6/c67-63(47-27-28-47)65-57-35-53-31-49-23-13-24-50(59(49)69-39-43-15-5-1-6-16-43)32-54-36-58(66-64(68)48-29-30-48)38-56(62(54)72-42-46-21-11-4-12-22-46)34-52-26-14-25-51(60(52)70-40-44-17-7-2-8-18-44)33-55(37-57)61(53)71-41-45-19-9-3-10-20-45/h1-26,35-38,47-48H,27-34,39-42H2,(H,65,67)(H,66,68). The second-order valence-electron chi connectivity index (χ2n) is 19.4. The van der Waals surface area contributed by atoms with Crippen LogP contribution < -0.4 is 29.6 Å². The normalized spacial score (nSPS) is 13.9. The van der Waals surface area contributed by atoms with E-state index in [0.717, 1.165) is 127 Å². The van der Waals surface area contributed by atoms with Gasteiger partial charge in [0.1, 0.15) is 49.4 Å². The summed E-state index contributed by atoms with van der Waals surface area (Å²) in [5.41, 5.74) is 13.2. The molecule has 0 spiro atoms. The maximum atomic E-state index is 13.6. The highest BCUT2D eigenvalue weighted by molar-refractivity contribution is 5.95. The number of anilines is 2. The molecule has 3 aliphatic rings. The zero-order valence-corrected chi connectivity index (χ0v) is 40.4. The average Bonchev–Trinajstić information content (AvgIpc) is 4.34. The largest absolute Gasteiger partial charge is 0.488 e. The summed E-state index contributed by atoms with van der Waals surface area (Å²) in [5, 5.41) is 6.61. The molecule has 0 unspecified atom stereocenters. The molecule has 360 valence electrons. The number of carbonyl (C=O) groups excluding carboxylic acids is 2. The van der Waals surface area contributed by atoms with E-state index in [1.165, 1.54) is 0 Å². The van der Waals surface area contributed by atoms with Crippen LogP contribution in [0.25, 0.3) is 0 Å². The molecule has 8 bridgehead atoms. The van der Waals surface area contributed by atoms with E-state index in [9.17, 15) is 9.59 Å². The number of rotatable bonds is 16. The number of fused-ring (bicyclic) bond motifs is 8. The Bertz CT molecular complexity index is 2880. The maximum absolute atomic E-state index is 13.6. The number of benzene rings is 8. The number of carbonyl (C=O) groups is 2. The van der Waals surface area contributed by atoms with Crippen LogP contribution in [0.4, 0.5) is 11.4 Å². The molecule has 8 heteroatoms. The van der Waals surface area contributed by atoms with Crippen molar-refractivity contribution in [2.75, 3.05) is 10.6 Å². The summed E-state index contributed by atoms with van der Waals surface area (Å²) in [6.07, 6.45) is 5.34. The van der Waals surface area contributed by atoms with Crippen molar-refractivity contribution in [2.45, 2.75) is 77.8 Å². The van der Waals surface area contributed by atoms with Crippen LogP contribution in [0.2, 0.25) is 0 Å². The van der Waals surface area contributed by atoms with Crippen LogP contribution >= 0.6 is 0 Å². The molecule has 0 aromatic heterocycles. The van der Waals surface area contributed by atoms with Gasteiger partial charge in [0.15, 0.2) is 0 Å². The van der Waals surface area contributed by atoms with E-state index in [1.807, 2.05) is 72.8 Å². The van der Waals surface area contributed by atoms with Crippen molar-refractivity contribution in [1.29, 1.82) is 0 Å². The van der Waals surface area contributed by atoms with Crippen LogP contribution in [0.15, 0.2) is 182 Å². The summed E-state index contributed by atoms with van der Waals surface area (Å²) in [6.45, 7) is 1.41. The Morgan fingerprint density at radius 3 is 0.833 bits per heavy atom. The molecule has 8 aromatic rings. The van der Waals surface area contributed by atoms with Gasteiger partial charge in [-0.25, -0.2) is 0 Å². The molecular formula is C64H58N2O6. The Balaban J connectivity index is 1.12. The number of hydrogen-bond acceptors (Lipinski definition) is 6. The SMILES string of the molecule is O=C(Nc1cc2c(OCc3ccccc3)c(c1)Cc1cccc(c1OCc1ccccc1)Cc1cc(NC(=O)C3CC3)cc(c1OCc1ccccc1)Cc1cccc(c1OCc1ccccc1)C2)C1CC1. The van der Waals surface area contributed by atoms with Gasteiger partial charge in [-0.3, -0.25) is 9.59 Å². The second-order valence-corrected chi connectivity index (χ2v) is 19.4. The van der Waals surface area contributed by atoms with Gasteiger partial charge in [-0.2, -0.15) is 0 Å². The van der Waals surface area contributed by atoms with Gasteiger partial charge >= 0.3 is 0 Å². The number of hydrogen-bond donors (Lipinski definition) is 2. The highest BCUT2D eigenvalue weighted by Crippen LogP contribution is 2.42. The van der Waals surface area contributed by atoms with E-state index in [0.29, 0.717) is 52.1 Å². The first-order valence-corrected chi connectivity index (χ1v) is 25.3. The third-order valence-electron chi connectivity index (χ3n) is 13.7. The molecule has 0 aliphatic heterocycles. The van der Waals surface area contributed by atoms with E-state index in [1.54, 1.807) is 0 Å². The van der Waals surface area contributed by atoms with Gasteiger partial charge < -0.3 is 29.6 Å². The fourth-order valence-electron chi connectivity index (χ4n) is 9.67. The molecule has 72 heavy (non-hydrogen) atoms. The Hall–Kier alpha value is -8.10. The molecule has 8 nitrogen and oxygen atoms in total. The van der Waals surface area contributed by atoms with Crippen LogP contribution in [0.5, 0.6) is 23.0 Å². The van der Waals surface area contributed by atoms with Crippen LogP contribution in [-0.2, 0) is 61.7 Å². The lowest BCUT2D eigenvalue weighted by molar-refractivity contribution is -0.118. The number of ether oxygens (including phenoxy) is 4. The Morgan fingerprint density at radius 2 is 0.583 bits per heavy atom. The highest BCUT2D eigenvalue weighted by atomic mass is 16.5. The van der Waals surface area contributed by atoms with Gasteiger partial charge in [-0.05, 0) is 94.5 Å². The number of amides is 2. The molecule has 0 saturated heterocycles. The van der Waals surface area contributed by atoms with E-state index < -0.39 is 0 Å². The van der Waals surface area contributed by atoms with E-state index in [2.05, 4.69) is 120 Å². The second kappa shape index (κ2) is 21.5. The zero-order valence-electron chi connectivity index (χ0n) is 40.4. The molecular weight excluding hydrogens is 893 g/mol. The Morgan fingerprint density at radius 1 is 0.333 bits per heavy atom. The van der Waals surface area contributed by atoms with Gasteiger partial charge in [-0.15, -0.1) is 0 Å². The van der Waals surface area contributed by atoms with Gasteiger partial charge in [0.05, 0.1) is 0 Å². The summed E-state index contributed by atoms with van der Waals surface area (Å²) in [5.74, 6) is 3.15. The summed E-state index contributed by atoms with van der Waals surface area (Å²) in [6, 6.07) is 62.0. The molecule has 2 amide bonds. The smallest absolute Gasteiger partial charge is 0.227 e. The average molecular weight is 951 g/mol. The molecule has 3 aliphatic carbocycles. The van der Waals surface area contributed by atoms with E-state index >= 15 is 0 Å². The molecule has 2 fully saturated rings. The number of nitrogens with one attached hydrogen (secondary N) is 2. The number of para-hydroxylation sites is 2. The lowest BCUT2D eigenvalue weighted by atomic mass is 9.90. The fourth-order valence-corrected chi connectivity index (χ4v) is 9.67. The molecule has 0 radical (unpaired) electrons. The predicted molar refractivity (Wildman–Crippen MR) is 283 cm³/mol. The summed E-state index contributed by atoms with van der Waals surface area (Å²) in [7, 11) is 0. The van der Waals surface area contributed by atoms with Crippen molar-refractivity contribution >= 4 is 23.2 Å². The van der Waals surface area contributed by atoms with Gasteiger partial charge in [0, 0.05) is 71.1 Å². The molecule has 2 N–H and O–H groups in total. The van der Waals surface area contributed by atoms with E-state index in [-0.39, 0.29) is 23.7 Å². The maximum Gasteiger partial charge on any atom is 0.227 e. The molecule has 2 saturated carbocycles. The van der Waals surface area contributed by atoms with E-state index in [4.69, 9.17) is 18.9 Å². The Labute approximate surface area is 422 Å². The quantitative estimate of drug-likeness (QED) is 0.100.